The number of hydrogen-bond donors (Lipinski definition) is 3. The number of carboxylic acid groups (broad SMARTS) is 1. The highest BCUT2D eigenvalue weighted by atomic mass is 16.4. The van der Waals surface area contributed by atoms with E-state index in [0.29, 0.717) is 23.7 Å². The van der Waals surface area contributed by atoms with E-state index >= 15 is 0 Å². The molecule has 0 aromatic heterocycles. The second kappa shape index (κ2) is 5.73. The Morgan fingerprint density at radius 2 is 2.11 bits per heavy atom. The normalized spacial score (nSPS) is 14.6. The molecule has 2 rings (SSSR count). The Hall–Kier alpha value is -2.04. The Balaban J connectivity index is 1.95. The van der Waals surface area contributed by atoms with E-state index in [1.165, 1.54) is 25.3 Å². The molecule has 1 aliphatic carbocycles. The van der Waals surface area contributed by atoms with E-state index in [9.17, 15) is 9.59 Å². The van der Waals surface area contributed by atoms with Gasteiger partial charge in [-0.05, 0) is 43.4 Å². The third-order valence-corrected chi connectivity index (χ3v) is 3.59. The van der Waals surface area contributed by atoms with Crippen molar-refractivity contribution in [1.29, 1.82) is 0 Å². The average Bonchev–Trinajstić information content (AvgIpc) is 2.29. The first-order valence-electron chi connectivity index (χ1n) is 6.45. The topological polar surface area (TPSA) is 78.4 Å². The van der Waals surface area contributed by atoms with Crippen LogP contribution in [0, 0.1) is 12.8 Å². The van der Waals surface area contributed by atoms with Gasteiger partial charge in [0.25, 0.3) is 0 Å². The summed E-state index contributed by atoms with van der Waals surface area (Å²) in [5.74, 6) is -0.395. The summed E-state index contributed by atoms with van der Waals surface area (Å²) in [6.45, 7) is 2.37. The first kappa shape index (κ1) is 13.4. The molecule has 1 fully saturated rings. The Labute approximate surface area is 112 Å². The average molecular weight is 262 g/mol. The highest BCUT2D eigenvalue weighted by Gasteiger charge is 2.18. The van der Waals surface area contributed by atoms with Gasteiger partial charge in [0, 0.05) is 12.2 Å². The summed E-state index contributed by atoms with van der Waals surface area (Å²) in [5.41, 5.74) is 1.30. The minimum atomic E-state index is -0.990. The summed E-state index contributed by atoms with van der Waals surface area (Å²) in [4.78, 5) is 22.7. The van der Waals surface area contributed by atoms with Gasteiger partial charge in [-0.2, -0.15) is 0 Å². The molecule has 1 aromatic rings. The van der Waals surface area contributed by atoms with Crippen LogP contribution < -0.4 is 10.6 Å². The Morgan fingerprint density at radius 1 is 1.37 bits per heavy atom. The van der Waals surface area contributed by atoms with Gasteiger partial charge in [-0.3, -0.25) is 0 Å². The largest absolute Gasteiger partial charge is 0.478 e. The molecule has 0 saturated heterocycles. The maximum absolute atomic E-state index is 11.7. The lowest BCUT2D eigenvalue weighted by atomic mass is 9.85. The minimum Gasteiger partial charge on any atom is -0.478 e. The lowest BCUT2D eigenvalue weighted by Gasteiger charge is -2.25. The quantitative estimate of drug-likeness (QED) is 0.780. The number of hydrogen-bond acceptors (Lipinski definition) is 2. The molecule has 102 valence electrons. The number of carboxylic acids is 1. The summed E-state index contributed by atoms with van der Waals surface area (Å²) in [7, 11) is 0. The molecule has 5 nitrogen and oxygen atoms in total. The first-order chi connectivity index (χ1) is 9.08. The zero-order valence-corrected chi connectivity index (χ0v) is 10.9. The van der Waals surface area contributed by atoms with Crippen LogP contribution in [0.2, 0.25) is 0 Å². The number of amides is 2. The molecule has 1 aromatic carbocycles. The van der Waals surface area contributed by atoms with Gasteiger partial charge in [-0.15, -0.1) is 0 Å². The van der Waals surface area contributed by atoms with Gasteiger partial charge in [0.1, 0.15) is 0 Å². The van der Waals surface area contributed by atoms with Crippen molar-refractivity contribution in [3.63, 3.8) is 0 Å². The number of carbonyl (C=O) groups is 2. The van der Waals surface area contributed by atoms with E-state index in [1.807, 2.05) is 0 Å². The molecule has 3 N–H and O–H groups in total. The predicted octanol–water partition coefficient (Wildman–Crippen LogP) is 2.61. The maximum Gasteiger partial charge on any atom is 0.336 e. The predicted molar refractivity (Wildman–Crippen MR) is 72.5 cm³/mol. The van der Waals surface area contributed by atoms with Gasteiger partial charge in [-0.25, -0.2) is 9.59 Å². The van der Waals surface area contributed by atoms with Gasteiger partial charge in [-0.1, -0.05) is 12.5 Å². The molecule has 0 unspecified atom stereocenters. The van der Waals surface area contributed by atoms with E-state index in [0.717, 1.165) is 0 Å². The van der Waals surface area contributed by atoms with Crippen molar-refractivity contribution in [1.82, 2.24) is 5.32 Å². The minimum absolute atomic E-state index is 0.205. The lowest BCUT2D eigenvalue weighted by Crippen LogP contribution is -2.35. The standard InChI is InChI=1S/C14H18N2O3/c1-9-11(13(17)18)6-3-7-12(9)16-14(19)15-8-10-4-2-5-10/h3,6-7,10H,2,4-5,8H2,1H3,(H,17,18)(H2,15,16,19). The Bertz CT molecular complexity index is 495. The zero-order valence-electron chi connectivity index (χ0n) is 10.9. The second-order valence-electron chi connectivity index (χ2n) is 4.92. The third-order valence-electron chi connectivity index (χ3n) is 3.59. The van der Waals surface area contributed by atoms with Gasteiger partial charge in [0.05, 0.1) is 5.56 Å². The van der Waals surface area contributed by atoms with Crippen molar-refractivity contribution in [3.8, 4) is 0 Å². The van der Waals surface area contributed by atoms with Gasteiger partial charge in [0.2, 0.25) is 0 Å². The van der Waals surface area contributed by atoms with Gasteiger partial charge >= 0.3 is 12.0 Å². The van der Waals surface area contributed by atoms with Crippen molar-refractivity contribution in [2.24, 2.45) is 5.92 Å². The number of anilines is 1. The molecule has 0 bridgehead atoms. The molecule has 1 saturated carbocycles. The van der Waals surface area contributed by atoms with E-state index in [4.69, 9.17) is 5.11 Å². The van der Waals surface area contributed by atoms with Crippen molar-refractivity contribution in [2.75, 3.05) is 11.9 Å². The fraction of sp³-hybridized carbons (Fsp3) is 0.429. The van der Waals surface area contributed by atoms with Crippen LogP contribution in [0.1, 0.15) is 35.2 Å². The van der Waals surface area contributed by atoms with Crippen LogP contribution >= 0.6 is 0 Å². The summed E-state index contributed by atoms with van der Waals surface area (Å²) in [5, 5.41) is 14.5. The van der Waals surface area contributed by atoms with Crippen LogP contribution in [0.25, 0.3) is 0 Å². The molecule has 0 radical (unpaired) electrons. The molecule has 0 atom stereocenters. The lowest BCUT2D eigenvalue weighted by molar-refractivity contribution is 0.0696. The van der Waals surface area contributed by atoms with Crippen LogP contribution in [-0.4, -0.2) is 23.7 Å². The monoisotopic (exact) mass is 262 g/mol. The molecule has 19 heavy (non-hydrogen) atoms. The number of rotatable bonds is 4. The van der Waals surface area contributed by atoms with E-state index in [1.54, 1.807) is 19.1 Å². The van der Waals surface area contributed by atoms with E-state index in [-0.39, 0.29) is 11.6 Å². The summed E-state index contributed by atoms with van der Waals surface area (Å²) in [6, 6.07) is 4.56. The van der Waals surface area contributed by atoms with Gasteiger partial charge < -0.3 is 15.7 Å². The molecule has 1 aliphatic rings. The highest BCUT2D eigenvalue weighted by Crippen LogP contribution is 2.25. The van der Waals surface area contributed by atoms with Crippen LogP contribution in [-0.2, 0) is 0 Å². The second-order valence-corrected chi connectivity index (χ2v) is 4.92. The van der Waals surface area contributed by atoms with Crippen molar-refractivity contribution in [2.45, 2.75) is 26.2 Å². The molecule has 0 heterocycles. The van der Waals surface area contributed by atoms with Crippen LogP contribution in [0.3, 0.4) is 0 Å². The summed E-state index contributed by atoms with van der Waals surface area (Å²) < 4.78 is 0. The fourth-order valence-corrected chi connectivity index (χ4v) is 2.10. The molecule has 5 heteroatoms. The number of carbonyl (C=O) groups excluding carboxylic acids is 1. The third kappa shape index (κ3) is 3.24. The molecule has 0 aliphatic heterocycles. The van der Waals surface area contributed by atoms with Crippen LogP contribution in [0.15, 0.2) is 18.2 Å². The molecule has 2 amide bonds. The summed E-state index contributed by atoms with van der Waals surface area (Å²) in [6.07, 6.45) is 3.59. The SMILES string of the molecule is Cc1c(NC(=O)NCC2CCC2)cccc1C(=O)O. The van der Waals surface area contributed by atoms with Crippen LogP contribution in [0.5, 0.6) is 0 Å². The van der Waals surface area contributed by atoms with E-state index < -0.39 is 5.97 Å². The zero-order chi connectivity index (χ0) is 13.8. The fourth-order valence-electron chi connectivity index (χ4n) is 2.10. The van der Waals surface area contributed by atoms with Crippen molar-refractivity contribution in [3.05, 3.63) is 29.3 Å². The maximum atomic E-state index is 11.7. The molecule has 0 spiro atoms. The Kier molecular flexibility index (Phi) is 4.04. The molecular formula is C14H18N2O3. The Morgan fingerprint density at radius 3 is 2.68 bits per heavy atom. The van der Waals surface area contributed by atoms with Crippen molar-refractivity contribution < 1.29 is 14.7 Å². The van der Waals surface area contributed by atoms with Crippen molar-refractivity contribution >= 4 is 17.7 Å². The van der Waals surface area contributed by atoms with Crippen LogP contribution in [0.4, 0.5) is 10.5 Å². The number of urea groups is 1. The number of aromatic carboxylic acids is 1. The summed E-state index contributed by atoms with van der Waals surface area (Å²) >= 11 is 0. The first-order valence-corrected chi connectivity index (χ1v) is 6.45. The van der Waals surface area contributed by atoms with Gasteiger partial charge in [0.15, 0.2) is 0 Å². The smallest absolute Gasteiger partial charge is 0.336 e. The van der Waals surface area contributed by atoms with E-state index in [2.05, 4.69) is 10.6 Å². The number of nitrogens with one attached hydrogen (secondary N) is 2. The number of benzene rings is 1. The molecular weight excluding hydrogens is 244 g/mol. The highest BCUT2D eigenvalue weighted by molar-refractivity contribution is 5.95.